The van der Waals surface area contributed by atoms with Crippen LogP contribution in [-0.4, -0.2) is 40.5 Å². The molecule has 3 aromatic carbocycles. The van der Waals surface area contributed by atoms with E-state index in [0.717, 1.165) is 56.1 Å². The van der Waals surface area contributed by atoms with Crippen molar-refractivity contribution in [3.05, 3.63) is 65.4 Å². The second kappa shape index (κ2) is 9.55. The van der Waals surface area contributed by atoms with Gasteiger partial charge in [0.1, 0.15) is 11.5 Å². The second-order valence-corrected chi connectivity index (χ2v) is 9.70. The third-order valence-electron chi connectivity index (χ3n) is 5.91. The molecule has 2 N–H and O–H groups in total. The minimum Gasteiger partial charge on any atom is -0.496 e. The quantitative estimate of drug-likeness (QED) is 0.395. The number of ether oxygens (including phenoxy) is 2. The van der Waals surface area contributed by atoms with E-state index >= 15 is 0 Å². The molecule has 6 nitrogen and oxygen atoms in total. The van der Waals surface area contributed by atoms with Crippen LogP contribution in [-0.2, 0) is 17.6 Å². The van der Waals surface area contributed by atoms with Gasteiger partial charge in [-0.1, -0.05) is 24.3 Å². The molecule has 1 aliphatic rings. The summed E-state index contributed by atoms with van der Waals surface area (Å²) in [7, 11) is 1.63. The Morgan fingerprint density at radius 3 is 2.46 bits per heavy atom. The minimum absolute atomic E-state index is 0.0954. The fourth-order valence-corrected chi connectivity index (χ4v) is 4.63. The van der Waals surface area contributed by atoms with Gasteiger partial charge in [-0.15, -0.1) is 0 Å². The summed E-state index contributed by atoms with van der Waals surface area (Å²) in [6.45, 7) is 7.81. The van der Waals surface area contributed by atoms with Crippen LogP contribution >= 0.6 is 0 Å². The fraction of sp³-hybridized carbons (Fsp3) is 0.310. The van der Waals surface area contributed by atoms with Crippen LogP contribution in [0.4, 0.5) is 0 Å². The summed E-state index contributed by atoms with van der Waals surface area (Å²) in [6.07, 6.45) is 2.56. The van der Waals surface area contributed by atoms with E-state index in [0.29, 0.717) is 12.4 Å². The van der Waals surface area contributed by atoms with Gasteiger partial charge in [-0.2, -0.15) is 0 Å². The number of nitrogens with zero attached hydrogens (tertiary/aromatic N) is 1. The number of hydrogen-bond donors (Lipinski definition) is 2. The first-order valence-corrected chi connectivity index (χ1v) is 11.7. The molecule has 4 aromatic rings. The number of hydrogen-bond acceptors (Lipinski definition) is 5. The molecule has 0 spiro atoms. The molecule has 5 rings (SSSR count). The van der Waals surface area contributed by atoms with Crippen LogP contribution in [0, 0.1) is 6.92 Å². The number of methoxy groups -OCH3 is 1. The average molecular weight is 474 g/mol. The zero-order chi connectivity index (χ0) is 25.3. The van der Waals surface area contributed by atoms with Gasteiger partial charge >= 0.3 is 5.97 Å². The molecule has 35 heavy (non-hydrogen) atoms. The SMILES string of the molecule is CC(C)(C)O.COc1c(C)c(CC(=O)O)c(-c2ccc3c4c(ccnc24)CCO3)c2ccccc12. The number of aliphatic carboxylic acids is 1. The highest BCUT2D eigenvalue weighted by atomic mass is 16.5. The number of rotatable bonds is 4. The Morgan fingerprint density at radius 1 is 1.11 bits per heavy atom. The average Bonchev–Trinajstić information content (AvgIpc) is 2.80. The first kappa shape index (κ1) is 24.5. The van der Waals surface area contributed by atoms with Crippen molar-refractivity contribution in [2.75, 3.05) is 13.7 Å². The molecule has 182 valence electrons. The predicted molar refractivity (Wildman–Crippen MR) is 138 cm³/mol. The molecule has 2 heterocycles. The number of carboxylic acids is 1. The van der Waals surface area contributed by atoms with E-state index in [2.05, 4.69) is 0 Å². The van der Waals surface area contributed by atoms with Gasteiger partial charge in [0.05, 0.1) is 31.3 Å². The van der Waals surface area contributed by atoms with Crippen LogP contribution in [0.1, 0.15) is 37.5 Å². The van der Waals surface area contributed by atoms with Crippen molar-refractivity contribution in [2.45, 2.75) is 46.1 Å². The number of benzene rings is 3. The smallest absolute Gasteiger partial charge is 0.307 e. The summed E-state index contributed by atoms with van der Waals surface area (Å²) in [5.41, 5.74) is 4.94. The van der Waals surface area contributed by atoms with Crippen molar-refractivity contribution >= 4 is 27.6 Å². The van der Waals surface area contributed by atoms with E-state index in [9.17, 15) is 9.90 Å². The van der Waals surface area contributed by atoms with Gasteiger partial charge in [0.25, 0.3) is 0 Å². The number of carbonyl (C=O) groups is 1. The molecule has 0 aliphatic carbocycles. The zero-order valence-corrected chi connectivity index (χ0v) is 20.8. The van der Waals surface area contributed by atoms with Gasteiger partial charge in [0, 0.05) is 29.0 Å². The topological polar surface area (TPSA) is 88.9 Å². The summed E-state index contributed by atoms with van der Waals surface area (Å²) in [4.78, 5) is 16.5. The van der Waals surface area contributed by atoms with Gasteiger partial charge < -0.3 is 19.7 Å². The lowest BCUT2D eigenvalue weighted by atomic mass is 9.86. The minimum atomic E-state index is -0.879. The van der Waals surface area contributed by atoms with Crippen LogP contribution in [0.5, 0.6) is 11.5 Å². The van der Waals surface area contributed by atoms with Gasteiger partial charge in [-0.25, -0.2) is 0 Å². The number of fused-ring (bicyclic) bond motifs is 1. The molecule has 1 aromatic heterocycles. The van der Waals surface area contributed by atoms with E-state index < -0.39 is 11.6 Å². The van der Waals surface area contributed by atoms with E-state index in [1.807, 2.05) is 55.6 Å². The number of aromatic nitrogens is 1. The highest BCUT2D eigenvalue weighted by molar-refractivity contribution is 6.10. The fourth-order valence-electron chi connectivity index (χ4n) is 4.63. The number of aliphatic hydroxyl groups is 1. The molecule has 0 atom stereocenters. The highest BCUT2D eigenvalue weighted by Crippen LogP contribution is 2.45. The van der Waals surface area contributed by atoms with E-state index in [4.69, 9.17) is 19.6 Å². The van der Waals surface area contributed by atoms with Crippen LogP contribution in [0.2, 0.25) is 0 Å². The van der Waals surface area contributed by atoms with Gasteiger partial charge in [0.15, 0.2) is 0 Å². The molecule has 0 saturated heterocycles. The third-order valence-corrected chi connectivity index (χ3v) is 5.91. The Kier molecular flexibility index (Phi) is 6.68. The standard InChI is InChI=1S/C25H21NO4.C4H10O/c1-14-19(13-21(27)28)23(16-5-3-4-6-17(16)25(14)29-2)18-7-8-20-22-15(10-12-30-20)9-11-26-24(18)22;1-4(2,3)5/h3-9,11H,10,12-13H2,1-2H3,(H,27,28);5H,1-3H3. The second-order valence-electron chi connectivity index (χ2n) is 9.70. The first-order valence-electron chi connectivity index (χ1n) is 11.7. The lowest BCUT2D eigenvalue weighted by molar-refractivity contribution is -0.136. The Hall–Kier alpha value is -3.64. The summed E-state index contributed by atoms with van der Waals surface area (Å²) in [5, 5.41) is 21.1. The maximum Gasteiger partial charge on any atom is 0.307 e. The van der Waals surface area contributed by atoms with Crippen LogP contribution in [0.15, 0.2) is 48.7 Å². The van der Waals surface area contributed by atoms with E-state index in [1.165, 1.54) is 5.56 Å². The lowest BCUT2D eigenvalue weighted by Gasteiger charge is -2.23. The molecule has 0 fully saturated rings. The molecule has 0 radical (unpaired) electrons. The first-order chi connectivity index (χ1) is 16.6. The molecular weight excluding hydrogens is 442 g/mol. The van der Waals surface area contributed by atoms with E-state index in [1.54, 1.807) is 27.9 Å². The Bertz CT molecular complexity index is 1400. The Morgan fingerprint density at radius 2 is 1.80 bits per heavy atom. The van der Waals surface area contributed by atoms with Gasteiger partial charge in [-0.3, -0.25) is 9.78 Å². The third kappa shape index (κ3) is 4.93. The largest absolute Gasteiger partial charge is 0.496 e. The molecule has 0 bridgehead atoms. The molecule has 0 unspecified atom stereocenters. The summed E-state index contributed by atoms with van der Waals surface area (Å²) >= 11 is 0. The molecule has 6 heteroatoms. The van der Waals surface area contributed by atoms with Crippen molar-refractivity contribution in [1.82, 2.24) is 4.98 Å². The molecule has 0 saturated carbocycles. The van der Waals surface area contributed by atoms with E-state index in [-0.39, 0.29) is 6.42 Å². The Balaban J connectivity index is 0.000000527. The highest BCUT2D eigenvalue weighted by Gasteiger charge is 2.24. The van der Waals surface area contributed by atoms with Gasteiger partial charge in [0.2, 0.25) is 0 Å². The van der Waals surface area contributed by atoms with Crippen molar-refractivity contribution in [1.29, 1.82) is 0 Å². The molecular formula is C29H31NO5. The number of pyridine rings is 1. The maximum absolute atomic E-state index is 11.8. The predicted octanol–water partition coefficient (Wildman–Crippen LogP) is 5.71. The van der Waals surface area contributed by atoms with Crippen molar-refractivity contribution in [3.8, 4) is 22.6 Å². The van der Waals surface area contributed by atoms with Crippen LogP contribution < -0.4 is 9.47 Å². The summed E-state index contributed by atoms with van der Waals surface area (Å²) in [6, 6.07) is 14.0. The normalized spacial score (nSPS) is 12.6. The summed E-state index contributed by atoms with van der Waals surface area (Å²) < 4.78 is 11.6. The zero-order valence-electron chi connectivity index (χ0n) is 20.8. The van der Waals surface area contributed by atoms with Crippen LogP contribution in [0.3, 0.4) is 0 Å². The van der Waals surface area contributed by atoms with Gasteiger partial charge in [-0.05, 0) is 73.5 Å². The molecule has 0 amide bonds. The molecule has 1 aliphatic heterocycles. The monoisotopic (exact) mass is 473 g/mol. The summed E-state index contributed by atoms with van der Waals surface area (Å²) in [5.74, 6) is 0.665. The number of carboxylic acid groups (broad SMARTS) is 1. The van der Waals surface area contributed by atoms with Crippen molar-refractivity contribution in [3.63, 3.8) is 0 Å². The lowest BCUT2D eigenvalue weighted by Crippen LogP contribution is -2.10. The van der Waals surface area contributed by atoms with Crippen LogP contribution in [0.25, 0.3) is 32.8 Å². The van der Waals surface area contributed by atoms with Crippen molar-refractivity contribution in [2.24, 2.45) is 0 Å². The maximum atomic E-state index is 11.8. The Labute approximate surface area is 205 Å². The van der Waals surface area contributed by atoms with Crippen molar-refractivity contribution < 1.29 is 24.5 Å².